The van der Waals surface area contributed by atoms with Crippen LogP contribution in [-0.2, 0) is 14.6 Å². The van der Waals surface area contributed by atoms with Crippen LogP contribution < -0.4 is 0 Å². The van der Waals surface area contributed by atoms with Crippen molar-refractivity contribution in [3.63, 3.8) is 0 Å². The van der Waals surface area contributed by atoms with Gasteiger partial charge in [0, 0.05) is 18.3 Å². The third-order valence-corrected chi connectivity index (χ3v) is 7.21. The number of rotatable bonds is 5. The van der Waals surface area contributed by atoms with Crippen molar-refractivity contribution in [3.05, 3.63) is 0 Å². The molecule has 1 aliphatic carbocycles. The van der Waals surface area contributed by atoms with E-state index in [-0.39, 0.29) is 22.7 Å². The highest BCUT2D eigenvalue weighted by Gasteiger charge is 2.33. The van der Waals surface area contributed by atoms with Gasteiger partial charge in [-0.05, 0) is 32.1 Å². The Balaban J connectivity index is 1.74. The minimum atomic E-state index is -2.83. The smallest absolute Gasteiger partial charge is 0.232 e. The molecule has 18 heavy (non-hydrogen) atoms. The molecule has 0 unspecified atom stereocenters. The Morgan fingerprint density at radius 1 is 1.39 bits per heavy atom. The van der Waals surface area contributed by atoms with Crippen LogP contribution in [0.3, 0.4) is 0 Å². The minimum Gasteiger partial charge on any atom is -0.342 e. The van der Waals surface area contributed by atoms with Crippen molar-refractivity contribution in [2.45, 2.75) is 37.5 Å². The Labute approximate surface area is 113 Å². The molecule has 0 N–H and O–H groups in total. The van der Waals surface area contributed by atoms with E-state index in [0.29, 0.717) is 24.1 Å². The molecule has 0 radical (unpaired) electrons. The molecule has 1 saturated carbocycles. The summed E-state index contributed by atoms with van der Waals surface area (Å²) in [5.41, 5.74) is 0. The summed E-state index contributed by atoms with van der Waals surface area (Å²) in [7, 11) is -0.971. The molecular formula is C12H21NO3S2. The van der Waals surface area contributed by atoms with E-state index in [4.69, 9.17) is 0 Å². The highest BCUT2D eigenvalue weighted by molar-refractivity contribution is 8.02. The Morgan fingerprint density at radius 3 is 2.56 bits per heavy atom. The SMILES string of the molecule is C[C@@H](C1CC1)N(C)C(=O)CS[C@H]1CCS(=O)(=O)C1. The van der Waals surface area contributed by atoms with Crippen molar-refractivity contribution in [2.75, 3.05) is 24.3 Å². The molecule has 2 aliphatic rings. The minimum absolute atomic E-state index is 0.114. The second kappa shape index (κ2) is 5.41. The van der Waals surface area contributed by atoms with Crippen LogP contribution in [0.4, 0.5) is 0 Å². The summed E-state index contributed by atoms with van der Waals surface area (Å²) < 4.78 is 22.6. The number of hydrogen-bond donors (Lipinski definition) is 0. The first-order valence-electron chi connectivity index (χ1n) is 6.47. The number of nitrogens with zero attached hydrogens (tertiary/aromatic N) is 1. The molecule has 2 atom stereocenters. The molecule has 104 valence electrons. The molecule has 1 aliphatic heterocycles. The maximum atomic E-state index is 12.0. The highest BCUT2D eigenvalue weighted by Crippen LogP contribution is 2.35. The van der Waals surface area contributed by atoms with Crippen molar-refractivity contribution in [2.24, 2.45) is 5.92 Å². The summed E-state index contributed by atoms with van der Waals surface area (Å²) in [6.07, 6.45) is 3.15. The standard InChI is InChI=1S/C12H21NO3S2/c1-9(10-3-4-10)13(2)12(14)7-17-11-5-6-18(15,16)8-11/h9-11H,3-8H2,1-2H3/t9-,11-/m0/s1. The van der Waals surface area contributed by atoms with E-state index in [1.165, 1.54) is 24.6 Å². The Hall–Kier alpha value is -0.230. The summed E-state index contributed by atoms with van der Waals surface area (Å²) in [5, 5.41) is 0.114. The zero-order valence-corrected chi connectivity index (χ0v) is 12.6. The van der Waals surface area contributed by atoms with E-state index < -0.39 is 9.84 Å². The molecule has 0 aromatic heterocycles. The van der Waals surface area contributed by atoms with Crippen LogP contribution in [0.5, 0.6) is 0 Å². The molecule has 4 nitrogen and oxygen atoms in total. The lowest BCUT2D eigenvalue weighted by Crippen LogP contribution is -2.37. The Morgan fingerprint density at radius 2 is 2.06 bits per heavy atom. The molecule has 0 spiro atoms. The normalized spacial score (nSPS) is 28.0. The summed E-state index contributed by atoms with van der Waals surface area (Å²) >= 11 is 1.50. The Kier molecular flexibility index (Phi) is 4.26. The van der Waals surface area contributed by atoms with E-state index in [0.717, 1.165) is 0 Å². The molecule has 1 saturated heterocycles. The van der Waals surface area contributed by atoms with Crippen molar-refractivity contribution in [1.82, 2.24) is 4.90 Å². The first-order chi connectivity index (χ1) is 8.39. The fraction of sp³-hybridized carbons (Fsp3) is 0.917. The van der Waals surface area contributed by atoms with Crippen molar-refractivity contribution < 1.29 is 13.2 Å². The van der Waals surface area contributed by atoms with E-state index >= 15 is 0 Å². The first kappa shape index (κ1) is 14.2. The summed E-state index contributed by atoms with van der Waals surface area (Å²) in [6.45, 7) is 2.10. The lowest BCUT2D eigenvalue weighted by Gasteiger charge is -2.25. The predicted molar refractivity (Wildman–Crippen MR) is 74.5 cm³/mol. The van der Waals surface area contributed by atoms with E-state index in [1.807, 2.05) is 11.9 Å². The number of amides is 1. The average Bonchev–Trinajstić information content (AvgIpc) is 3.09. The summed E-state index contributed by atoms with van der Waals surface area (Å²) in [4.78, 5) is 13.8. The molecule has 2 fully saturated rings. The second-order valence-corrected chi connectivity index (χ2v) is 8.94. The van der Waals surface area contributed by atoms with Gasteiger partial charge in [-0.25, -0.2) is 8.42 Å². The van der Waals surface area contributed by atoms with Crippen LogP contribution in [-0.4, -0.2) is 54.8 Å². The first-order valence-corrected chi connectivity index (χ1v) is 9.34. The second-order valence-electron chi connectivity index (χ2n) is 5.42. The van der Waals surface area contributed by atoms with Gasteiger partial charge in [-0.15, -0.1) is 11.8 Å². The third-order valence-electron chi connectivity index (χ3n) is 3.94. The molecule has 1 heterocycles. The van der Waals surface area contributed by atoms with Crippen LogP contribution in [0, 0.1) is 5.92 Å². The lowest BCUT2D eigenvalue weighted by atomic mass is 10.2. The zero-order valence-electron chi connectivity index (χ0n) is 11.0. The largest absolute Gasteiger partial charge is 0.342 e. The monoisotopic (exact) mass is 291 g/mol. The van der Waals surface area contributed by atoms with Crippen LogP contribution in [0.15, 0.2) is 0 Å². The van der Waals surface area contributed by atoms with Gasteiger partial charge >= 0.3 is 0 Å². The van der Waals surface area contributed by atoms with Gasteiger partial charge in [-0.1, -0.05) is 0 Å². The van der Waals surface area contributed by atoms with E-state index in [9.17, 15) is 13.2 Å². The van der Waals surface area contributed by atoms with Gasteiger partial charge in [0.2, 0.25) is 5.91 Å². The third kappa shape index (κ3) is 3.63. The number of thioether (sulfide) groups is 1. The van der Waals surface area contributed by atoms with Crippen molar-refractivity contribution >= 4 is 27.5 Å². The summed E-state index contributed by atoms with van der Waals surface area (Å²) in [5.74, 6) is 1.74. The molecular weight excluding hydrogens is 270 g/mol. The lowest BCUT2D eigenvalue weighted by molar-refractivity contribution is -0.129. The van der Waals surface area contributed by atoms with Crippen molar-refractivity contribution in [1.29, 1.82) is 0 Å². The van der Waals surface area contributed by atoms with E-state index in [2.05, 4.69) is 6.92 Å². The van der Waals surface area contributed by atoms with Gasteiger partial charge in [-0.2, -0.15) is 0 Å². The number of carbonyl (C=O) groups is 1. The molecule has 6 heteroatoms. The number of carbonyl (C=O) groups excluding carboxylic acids is 1. The molecule has 1 amide bonds. The van der Waals surface area contributed by atoms with Crippen LogP contribution in [0.2, 0.25) is 0 Å². The van der Waals surface area contributed by atoms with Crippen LogP contribution in [0.25, 0.3) is 0 Å². The maximum Gasteiger partial charge on any atom is 0.232 e. The fourth-order valence-electron chi connectivity index (χ4n) is 2.31. The number of sulfone groups is 1. The zero-order chi connectivity index (χ0) is 13.3. The van der Waals surface area contributed by atoms with Crippen LogP contribution in [0.1, 0.15) is 26.2 Å². The highest BCUT2D eigenvalue weighted by atomic mass is 32.2. The van der Waals surface area contributed by atoms with Gasteiger partial charge in [0.25, 0.3) is 0 Å². The number of hydrogen-bond acceptors (Lipinski definition) is 4. The molecule has 0 bridgehead atoms. The quantitative estimate of drug-likeness (QED) is 0.763. The van der Waals surface area contributed by atoms with Gasteiger partial charge in [0.15, 0.2) is 9.84 Å². The molecule has 0 aromatic carbocycles. The van der Waals surface area contributed by atoms with Gasteiger partial charge in [0.1, 0.15) is 0 Å². The van der Waals surface area contributed by atoms with Gasteiger partial charge in [-0.3, -0.25) is 4.79 Å². The van der Waals surface area contributed by atoms with E-state index in [1.54, 1.807) is 0 Å². The predicted octanol–water partition coefficient (Wildman–Crippen LogP) is 1.16. The van der Waals surface area contributed by atoms with Gasteiger partial charge in [0.05, 0.1) is 17.3 Å². The maximum absolute atomic E-state index is 12.0. The summed E-state index contributed by atoms with van der Waals surface area (Å²) in [6, 6.07) is 0.324. The molecule has 0 aromatic rings. The average molecular weight is 291 g/mol. The molecule has 2 rings (SSSR count). The van der Waals surface area contributed by atoms with Gasteiger partial charge < -0.3 is 4.90 Å². The van der Waals surface area contributed by atoms with Crippen LogP contribution >= 0.6 is 11.8 Å². The fourth-order valence-corrected chi connectivity index (χ4v) is 5.87. The Bertz CT molecular complexity index is 417. The van der Waals surface area contributed by atoms with Crippen molar-refractivity contribution in [3.8, 4) is 0 Å². The topological polar surface area (TPSA) is 54.5 Å².